The summed E-state index contributed by atoms with van der Waals surface area (Å²) in [6.07, 6.45) is 5.90. The molecule has 4 heteroatoms. The molecule has 1 saturated carbocycles. The van der Waals surface area contributed by atoms with Gasteiger partial charge in [-0.25, -0.2) is 0 Å². The Hall–Kier alpha value is -1.58. The average molecular weight is 304 g/mol. The van der Waals surface area contributed by atoms with Crippen LogP contribution in [0.2, 0.25) is 0 Å². The molecule has 22 heavy (non-hydrogen) atoms. The molecule has 1 fully saturated rings. The second kappa shape index (κ2) is 5.90. The van der Waals surface area contributed by atoms with E-state index in [0.29, 0.717) is 11.3 Å². The van der Waals surface area contributed by atoms with E-state index in [4.69, 9.17) is 0 Å². The summed E-state index contributed by atoms with van der Waals surface area (Å²) < 4.78 is 1.59. The van der Waals surface area contributed by atoms with Gasteiger partial charge in [0.05, 0.1) is 5.54 Å². The minimum absolute atomic E-state index is 0.0111. The highest BCUT2D eigenvalue weighted by Gasteiger charge is 2.40. The van der Waals surface area contributed by atoms with Crippen molar-refractivity contribution in [3.05, 3.63) is 34.2 Å². The van der Waals surface area contributed by atoms with Crippen molar-refractivity contribution in [2.24, 2.45) is 18.4 Å². The minimum Gasteiger partial charge on any atom is -0.347 e. The van der Waals surface area contributed by atoms with Crippen molar-refractivity contribution in [2.75, 3.05) is 0 Å². The lowest BCUT2D eigenvalue weighted by Crippen LogP contribution is -2.49. The fourth-order valence-corrected chi connectivity index (χ4v) is 3.68. The fraction of sp³-hybridized carbons (Fsp3) is 0.667. The molecule has 1 aromatic heterocycles. The van der Waals surface area contributed by atoms with Crippen LogP contribution in [0, 0.1) is 11.3 Å². The number of aryl methyl sites for hydroxylation is 1. The van der Waals surface area contributed by atoms with Gasteiger partial charge in [0.15, 0.2) is 0 Å². The van der Waals surface area contributed by atoms with Crippen molar-refractivity contribution in [1.82, 2.24) is 9.88 Å². The number of aromatic nitrogens is 1. The normalized spacial score (nSPS) is 25.8. The standard InChI is InChI=1S/C18H28N2O2/c1-13(21)19-18(15-6-7-16(22)20(5)12-15)10-8-14(9-11-18)17(2,3)4/h6-7,12,14H,8-11H2,1-5H3,(H,19,21). The third-order valence-corrected chi connectivity index (χ3v) is 5.12. The Bertz CT molecular complexity index is 602. The summed E-state index contributed by atoms with van der Waals surface area (Å²) in [7, 11) is 1.76. The highest BCUT2D eigenvalue weighted by molar-refractivity contribution is 5.74. The van der Waals surface area contributed by atoms with Gasteiger partial charge >= 0.3 is 0 Å². The topological polar surface area (TPSA) is 51.1 Å². The number of rotatable bonds is 2. The zero-order valence-corrected chi connectivity index (χ0v) is 14.4. The third kappa shape index (κ3) is 3.42. The Labute approximate surface area is 132 Å². The molecular weight excluding hydrogens is 276 g/mol. The molecule has 122 valence electrons. The number of nitrogens with zero attached hydrogens (tertiary/aromatic N) is 1. The van der Waals surface area contributed by atoms with Gasteiger partial charge in [0.25, 0.3) is 0 Å². The summed E-state index contributed by atoms with van der Waals surface area (Å²) in [6.45, 7) is 8.43. The second-order valence-electron chi connectivity index (χ2n) is 7.77. The Balaban J connectivity index is 2.32. The fourth-order valence-electron chi connectivity index (χ4n) is 3.68. The van der Waals surface area contributed by atoms with E-state index in [9.17, 15) is 9.59 Å². The maximum absolute atomic E-state index is 11.7. The number of nitrogens with one attached hydrogen (secondary N) is 1. The maximum atomic E-state index is 11.7. The molecule has 0 bridgehead atoms. The molecule has 0 saturated heterocycles. The molecule has 0 radical (unpaired) electrons. The molecule has 0 spiro atoms. The van der Waals surface area contributed by atoms with Crippen LogP contribution in [0.25, 0.3) is 0 Å². The first-order valence-electron chi connectivity index (χ1n) is 8.10. The van der Waals surface area contributed by atoms with Gasteiger partial charge in [-0.2, -0.15) is 0 Å². The van der Waals surface area contributed by atoms with Crippen molar-refractivity contribution >= 4 is 5.91 Å². The summed E-state index contributed by atoms with van der Waals surface area (Å²) in [5, 5.41) is 3.18. The Kier molecular flexibility index (Phi) is 4.50. The van der Waals surface area contributed by atoms with E-state index in [0.717, 1.165) is 31.2 Å². The molecule has 0 unspecified atom stereocenters. The number of carbonyl (C=O) groups is 1. The second-order valence-corrected chi connectivity index (χ2v) is 7.77. The van der Waals surface area contributed by atoms with Gasteiger partial charge in [-0.05, 0) is 48.6 Å². The first kappa shape index (κ1) is 16.8. The number of hydrogen-bond donors (Lipinski definition) is 1. The van der Waals surface area contributed by atoms with Gasteiger partial charge in [0, 0.05) is 26.2 Å². The van der Waals surface area contributed by atoms with Crippen LogP contribution in [0.1, 0.15) is 58.9 Å². The quantitative estimate of drug-likeness (QED) is 0.913. The van der Waals surface area contributed by atoms with E-state index in [1.807, 2.05) is 12.3 Å². The lowest BCUT2D eigenvalue weighted by Gasteiger charge is -2.44. The molecule has 1 amide bonds. The molecule has 0 atom stereocenters. The predicted molar refractivity (Wildman–Crippen MR) is 88.6 cm³/mol. The van der Waals surface area contributed by atoms with Gasteiger partial charge in [0.2, 0.25) is 11.5 Å². The average Bonchev–Trinajstić information content (AvgIpc) is 2.40. The molecule has 1 aliphatic rings. The van der Waals surface area contributed by atoms with Crippen LogP contribution in [-0.2, 0) is 17.4 Å². The van der Waals surface area contributed by atoms with Crippen molar-refractivity contribution in [3.8, 4) is 0 Å². The van der Waals surface area contributed by atoms with Crippen LogP contribution in [0.5, 0.6) is 0 Å². The molecule has 1 aliphatic carbocycles. The smallest absolute Gasteiger partial charge is 0.250 e. The molecule has 4 nitrogen and oxygen atoms in total. The highest BCUT2D eigenvalue weighted by Crippen LogP contribution is 2.45. The Morgan fingerprint density at radius 3 is 2.32 bits per heavy atom. The van der Waals surface area contributed by atoms with Gasteiger partial charge < -0.3 is 9.88 Å². The minimum atomic E-state index is -0.334. The Morgan fingerprint density at radius 1 is 1.27 bits per heavy atom. The van der Waals surface area contributed by atoms with Crippen molar-refractivity contribution in [2.45, 2.75) is 58.9 Å². The van der Waals surface area contributed by atoms with Crippen molar-refractivity contribution in [3.63, 3.8) is 0 Å². The molecule has 0 aliphatic heterocycles. The van der Waals surface area contributed by atoms with E-state index < -0.39 is 0 Å². The molecule has 2 rings (SSSR count). The number of carbonyl (C=O) groups excluding carboxylic acids is 1. The molecule has 0 aromatic carbocycles. The lowest BCUT2D eigenvalue weighted by molar-refractivity contribution is -0.121. The first-order valence-corrected chi connectivity index (χ1v) is 8.10. The summed E-state index contributed by atoms with van der Waals surface area (Å²) in [6, 6.07) is 3.46. The number of pyridine rings is 1. The van der Waals surface area contributed by atoms with Crippen molar-refractivity contribution < 1.29 is 4.79 Å². The van der Waals surface area contributed by atoms with Crippen LogP contribution >= 0.6 is 0 Å². The molecule has 1 heterocycles. The van der Waals surface area contributed by atoms with Crippen molar-refractivity contribution in [1.29, 1.82) is 0 Å². The van der Waals surface area contributed by atoms with Crippen LogP contribution < -0.4 is 10.9 Å². The molecule has 1 aromatic rings. The van der Waals surface area contributed by atoms with Crippen LogP contribution in [0.15, 0.2) is 23.1 Å². The SMILES string of the molecule is CC(=O)NC1(c2ccc(=O)n(C)c2)CCC(C(C)(C)C)CC1. The lowest BCUT2D eigenvalue weighted by atomic mass is 9.65. The molecule has 1 N–H and O–H groups in total. The van der Waals surface area contributed by atoms with E-state index in [1.165, 1.54) is 0 Å². The van der Waals surface area contributed by atoms with Crippen LogP contribution in [0.3, 0.4) is 0 Å². The van der Waals surface area contributed by atoms with Gasteiger partial charge in [-0.3, -0.25) is 9.59 Å². The van der Waals surface area contributed by atoms with E-state index in [-0.39, 0.29) is 17.0 Å². The van der Waals surface area contributed by atoms with E-state index in [1.54, 1.807) is 24.6 Å². The summed E-state index contributed by atoms with van der Waals surface area (Å²) >= 11 is 0. The zero-order chi connectivity index (χ0) is 16.5. The zero-order valence-electron chi connectivity index (χ0n) is 14.4. The van der Waals surface area contributed by atoms with E-state index >= 15 is 0 Å². The number of amides is 1. The van der Waals surface area contributed by atoms with Crippen LogP contribution in [0.4, 0.5) is 0 Å². The van der Waals surface area contributed by atoms with Gasteiger partial charge in [-0.1, -0.05) is 20.8 Å². The van der Waals surface area contributed by atoms with Gasteiger partial charge in [0.1, 0.15) is 0 Å². The summed E-state index contributed by atoms with van der Waals surface area (Å²) in [5.41, 5.74) is 0.979. The third-order valence-electron chi connectivity index (χ3n) is 5.12. The predicted octanol–water partition coefficient (Wildman–Crippen LogP) is 2.95. The summed E-state index contributed by atoms with van der Waals surface area (Å²) in [5.74, 6) is 0.657. The Morgan fingerprint density at radius 2 is 1.86 bits per heavy atom. The number of hydrogen-bond acceptors (Lipinski definition) is 2. The molecular formula is C18H28N2O2. The van der Waals surface area contributed by atoms with E-state index in [2.05, 4.69) is 26.1 Å². The monoisotopic (exact) mass is 304 g/mol. The van der Waals surface area contributed by atoms with Gasteiger partial charge in [-0.15, -0.1) is 0 Å². The van der Waals surface area contributed by atoms with Crippen LogP contribution in [-0.4, -0.2) is 10.5 Å². The highest BCUT2D eigenvalue weighted by atomic mass is 16.1. The maximum Gasteiger partial charge on any atom is 0.250 e. The largest absolute Gasteiger partial charge is 0.347 e. The summed E-state index contributed by atoms with van der Waals surface area (Å²) in [4.78, 5) is 23.4. The first-order chi connectivity index (χ1) is 10.1.